The van der Waals surface area contributed by atoms with Crippen LogP contribution in [0.3, 0.4) is 0 Å². The van der Waals surface area contributed by atoms with Crippen LogP contribution >= 0.6 is 11.3 Å². The molecule has 3 aromatic heterocycles. The second kappa shape index (κ2) is 6.71. The summed E-state index contributed by atoms with van der Waals surface area (Å²) in [6.45, 7) is 2.80. The Morgan fingerprint density at radius 3 is 3.17 bits per heavy atom. The van der Waals surface area contributed by atoms with Gasteiger partial charge in [-0.1, -0.05) is 5.16 Å². The quantitative estimate of drug-likeness (QED) is 0.754. The van der Waals surface area contributed by atoms with Crippen LogP contribution in [0.5, 0.6) is 0 Å². The summed E-state index contributed by atoms with van der Waals surface area (Å²) in [7, 11) is 2.08. The Kier molecular flexibility index (Phi) is 4.28. The van der Waals surface area contributed by atoms with E-state index in [0.29, 0.717) is 12.3 Å². The molecule has 0 amide bonds. The van der Waals surface area contributed by atoms with Crippen LogP contribution in [0, 0.1) is 0 Å². The predicted molar refractivity (Wildman–Crippen MR) is 88.5 cm³/mol. The van der Waals surface area contributed by atoms with Crippen molar-refractivity contribution < 1.29 is 4.52 Å². The molecule has 8 nitrogen and oxygen atoms in total. The average Bonchev–Trinajstić information content (AvgIpc) is 3.26. The van der Waals surface area contributed by atoms with E-state index in [9.17, 15) is 0 Å². The van der Waals surface area contributed by atoms with Crippen molar-refractivity contribution in [2.45, 2.75) is 12.5 Å². The van der Waals surface area contributed by atoms with Crippen LogP contribution in [0.25, 0.3) is 10.7 Å². The highest BCUT2D eigenvalue weighted by Gasteiger charge is 2.25. The molecule has 4 heterocycles. The maximum absolute atomic E-state index is 5.41. The SMILES string of the molecule is CN1CCNCC1c1noc(Cc2csc(-c3cnccn3)n2)n1. The minimum Gasteiger partial charge on any atom is -0.339 e. The lowest BCUT2D eigenvalue weighted by Gasteiger charge is -2.30. The van der Waals surface area contributed by atoms with Crippen LogP contribution in [0.4, 0.5) is 0 Å². The monoisotopic (exact) mass is 343 g/mol. The molecule has 0 spiro atoms. The molecule has 0 radical (unpaired) electrons. The van der Waals surface area contributed by atoms with Crippen molar-refractivity contribution in [1.29, 1.82) is 0 Å². The minimum absolute atomic E-state index is 0.154. The number of aromatic nitrogens is 5. The standard InChI is InChI=1S/C15H17N7OS/c1-22-5-4-17-8-12(22)14-20-13(23-21-14)6-10-9-24-15(19-10)11-7-16-2-3-18-11/h2-3,7,9,12,17H,4-6,8H2,1H3. The Morgan fingerprint density at radius 1 is 1.38 bits per heavy atom. The third kappa shape index (κ3) is 3.18. The van der Waals surface area contributed by atoms with E-state index in [2.05, 4.69) is 42.4 Å². The third-order valence-electron chi connectivity index (χ3n) is 3.96. The molecule has 24 heavy (non-hydrogen) atoms. The molecule has 0 aromatic carbocycles. The van der Waals surface area contributed by atoms with Crippen molar-refractivity contribution in [3.63, 3.8) is 0 Å². The molecule has 0 saturated carbocycles. The molecule has 0 bridgehead atoms. The molecule has 124 valence electrons. The first-order chi connectivity index (χ1) is 11.8. The topological polar surface area (TPSA) is 92.9 Å². The molecular formula is C15H17N7OS. The number of piperazine rings is 1. The van der Waals surface area contributed by atoms with E-state index in [1.807, 2.05) is 5.38 Å². The van der Waals surface area contributed by atoms with Crippen molar-refractivity contribution in [1.82, 2.24) is 35.3 Å². The fourth-order valence-corrected chi connectivity index (χ4v) is 3.42. The summed E-state index contributed by atoms with van der Waals surface area (Å²) in [6, 6.07) is 0.154. The van der Waals surface area contributed by atoms with Gasteiger partial charge in [-0.25, -0.2) is 4.98 Å². The van der Waals surface area contributed by atoms with Crippen LogP contribution in [0.15, 0.2) is 28.5 Å². The molecule has 1 aliphatic rings. The number of rotatable bonds is 4. The zero-order chi connectivity index (χ0) is 16.4. The first-order valence-corrected chi connectivity index (χ1v) is 8.62. The minimum atomic E-state index is 0.154. The Balaban J connectivity index is 1.47. The summed E-state index contributed by atoms with van der Waals surface area (Å²) in [6.07, 6.45) is 5.54. The lowest BCUT2D eigenvalue weighted by molar-refractivity contribution is 0.190. The fraction of sp³-hybridized carbons (Fsp3) is 0.400. The number of nitrogens with zero attached hydrogens (tertiary/aromatic N) is 6. The Hall–Kier alpha value is -2.23. The molecule has 4 rings (SSSR count). The zero-order valence-corrected chi connectivity index (χ0v) is 14.0. The highest BCUT2D eigenvalue weighted by Crippen LogP contribution is 2.23. The fourth-order valence-electron chi connectivity index (χ4n) is 2.64. The van der Waals surface area contributed by atoms with E-state index in [1.54, 1.807) is 18.6 Å². The summed E-state index contributed by atoms with van der Waals surface area (Å²) >= 11 is 1.54. The molecule has 9 heteroatoms. The summed E-state index contributed by atoms with van der Waals surface area (Å²) in [5.41, 5.74) is 1.67. The van der Waals surface area contributed by atoms with Gasteiger partial charge in [0.1, 0.15) is 10.7 Å². The lowest BCUT2D eigenvalue weighted by Crippen LogP contribution is -2.44. The average molecular weight is 343 g/mol. The highest BCUT2D eigenvalue weighted by molar-refractivity contribution is 7.13. The second-order valence-electron chi connectivity index (χ2n) is 5.66. The summed E-state index contributed by atoms with van der Waals surface area (Å²) in [5, 5.41) is 10.3. The van der Waals surface area contributed by atoms with Crippen molar-refractivity contribution in [3.05, 3.63) is 41.4 Å². The van der Waals surface area contributed by atoms with Crippen LogP contribution in [-0.4, -0.2) is 56.7 Å². The van der Waals surface area contributed by atoms with Crippen LogP contribution in [0.1, 0.15) is 23.5 Å². The second-order valence-corrected chi connectivity index (χ2v) is 6.52. The van der Waals surface area contributed by atoms with Gasteiger partial charge in [-0.15, -0.1) is 11.3 Å². The van der Waals surface area contributed by atoms with Gasteiger partial charge in [0.05, 0.1) is 24.4 Å². The van der Waals surface area contributed by atoms with Gasteiger partial charge in [-0.3, -0.25) is 14.9 Å². The van der Waals surface area contributed by atoms with E-state index in [4.69, 9.17) is 4.52 Å². The van der Waals surface area contributed by atoms with Crippen molar-refractivity contribution in [3.8, 4) is 10.7 Å². The predicted octanol–water partition coefficient (Wildman–Crippen LogP) is 1.15. The number of likely N-dealkylation sites (N-methyl/N-ethyl adjacent to an activating group) is 1. The number of thiazole rings is 1. The van der Waals surface area contributed by atoms with E-state index in [1.165, 1.54) is 11.3 Å². The van der Waals surface area contributed by atoms with Crippen molar-refractivity contribution in [2.75, 3.05) is 26.7 Å². The van der Waals surface area contributed by atoms with E-state index in [-0.39, 0.29) is 6.04 Å². The van der Waals surface area contributed by atoms with Gasteiger partial charge in [0.25, 0.3) is 0 Å². The first kappa shape index (κ1) is 15.3. The van der Waals surface area contributed by atoms with Gasteiger partial charge in [0, 0.05) is 37.4 Å². The van der Waals surface area contributed by atoms with Gasteiger partial charge >= 0.3 is 0 Å². The highest BCUT2D eigenvalue weighted by atomic mass is 32.1. The summed E-state index contributed by atoms with van der Waals surface area (Å²) in [5.74, 6) is 1.31. The number of hydrogen-bond donors (Lipinski definition) is 1. The molecule has 1 N–H and O–H groups in total. The third-order valence-corrected chi connectivity index (χ3v) is 4.87. The Morgan fingerprint density at radius 2 is 2.33 bits per heavy atom. The molecule has 0 aliphatic carbocycles. The van der Waals surface area contributed by atoms with E-state index >= 15 is 0 Å². The molecule has 1 saturated heterocycles. The summed E-state index contributed by atoms with van der Waals surface area (Å²) in [4.78, 5) is 19.7. The molecular weight excluding hydrogens is 326 g/mol. The summed E-state index contributed by atoms with van der Waals surface area (Å²) < 4.78 is 5.41. The van der Waals surface area contributed by atoms with Gasteiger partial charge in [0.2, 0.25) is 5.89 Å². The van der Waals surface area contributed by atoms with E-state index < -0.39 is 0 Å². The smallest absolute Gasteiger partial charge is 0.232 e. The van der Waals surface area contributed by atoms with Crippen LogP contribution < -0.4 is 5.32 Å². The Bertz CT molecular complexity index is 803. The maximum Gasteiger partial charge on any atom is 0.232 e. The van der Waals surface area contributed by atoms with Crippen LogP contribution in [0.2, 0.25) is 0 Å². The van der Waals surface area contributed by atoms with Gasteiger partial charge in [-0.05, 0) is 7.05 Å². The molecule has 1 fully saturated rings. The van der Waals surface area contributed by atoms with Gasteiger partial charge < -0.3 is 9.84 Å². The Labute approximate surface area is 143 Å². The van der Waals surface area contributed by atoms with E-state index in [0.717, 1.165) is 41.9 Å². The van der Waals surface area contributed by atoms with Crippen molar-refractivity contribution >= 4 is 11.3 Å². The maximum atomic E-state index is 5.41. The molecule has 1 unspecified atom stereocenters. The first-order valence-electron chi connectivity index (χ1n) is 7.74. The van der Waals surface area contributed by atoms with Crippen LogP contribution in [-0.2, 0) is 6.42 Å². The largest absolute Gasteiger partial charge is 0.339 e. The molecule has 3 aromatic rings. The van der Waals surface area contributed by atoms with Crippen molar-refractivity contribution in [2.24, 2.45) is 0 Å². The lowest BCUT2D eigenvalue weighted by atomic mass is 10.2. The molecule has 1 aliphatic heterocycles. The van der Waals surface area contributed by atoms with Gasteiger partial charge in [-0.2, -0.15) is 4.98 Å². The van der Waals surface area contributed by atoms with Gasteiger partial charge in [0.15, 0.2) is 5.82 Å². The molecule has 1 atom stereocenters. The number of hydrogen-bond acceptors (Lipinski definition) is 9. The zero-order valence-electron chi connectivity index (χ0n) is 13.2. The number of nitrogens with one attached hydrogen (secondary N) is 1. The normalized spacial score (nSPS) is 18.8.